The van der Waals surface area contributed by atoms with Crippen LogP contribution in [0, 0.1) is 6.92 Å². The molecule has 6 heteroatoms. The van der Waals surface area contributed by atoms with E-state index < -0.39 is 10.0 Å². The van der Waals surface area contributed by atoms with E-state index in [-0.39, 0.29) is 11.7 Å². The third-order valence-electron chi connectivity index (χ3n) is 4.11. The van der Waals surface area contributed by atoms with E-state index in [9.17, 15) is 13.2 Å². The monoisotopic (exact) mass is 337 g/mol. The summed E-state index contributed by atoms with van der Waals surface area (Å²) in [6, 6.07) is 7.40. The minimum atomic E-state index is -3.43. The van der Waals surface area contributed by atoms with Crippen molar-refractivity contribution in [2.24, 2.45) is 0 Å². The van der Waals surface area contributed by atoms with Gasteiger partial charge in [0.15, 0.2) is 5.78 Å². The minimum absolute atomic E-state index is 0.0222. The number of rotatable bonds is 2. The highest BCUT2D eigenvalue weighted by Crippen LogP contribution is 2.37. The molecule has 1 heterocycles. The normalized spacial score (nSPS) is 18.3. The van der Waals surface area contributed by atoms with Gasteiger partial charge in [0, 0.05) is 28.9 Å². The Hall–Kier alpha value is -1.59. The van der Waals surface area contributed by atoms with Crippen LogP contribution in [0.15, 0.2) is 30.5 Å². The molecule has 1 aliphatic rings. The Balaban J connectivity index is 2.13. The molecule has 0 fully saturated rings. The summed E-state index contributed by atoms with van der Waals surface area (Å²) in [5.74, 6) is -0.116. The predicted molar refractivity (Wildman–Crippen MR) is 86.3 cm³/mol. The van der Waals surface area contributed by atoms with E-state index in [1.165, 1.54) is 10.2 Å². The van der Waals surface area contributed by atoms with Crippen LogP contribution in [-0.2, 0) is 16.4 Å². The molecule has 2 aromatic rings. The van der Waals surface area contributed by atoms with Crippen molar-refractivity contribution in [1.82, 2.24) is 3.97 Å². The molecule has 1 unspecified atom stereocenters. The number of halogens is 1. The molecule has 0 saturated heterocycles. The second kappa shape index (κ2) is 5.25. The van der Waals surface area contributed by atoms with Gasteiger partial charge < -0.3 is 0 Å². The van der Waals surface area contributed by atoms with Gasteiger partial charge in [0.1, 0.15) is 0 Å². The highest BCUT2D eigenvalue weighted by Gasteiger charge is 2.33. The van der Waals surface area contributed by atoms with E-state index in [0.717, 1.165) is 11.8 Å². The van der Waals surface area contributed by atoms with Gasteiger partial charge in [0.25, 0.3) is 0 Å². The molecule has 22 heavy (non-hydrogen) atoms. The molecule has 1 aromatic carbocycles. The average Bonchev–Trinajstić information content (AvgIpc) is 2.77. The van der Waals surface area contributed by atoms with E-state index in [1.807, 2.05) is 18.2 Å². The van der Waals surface area contributed by atoms with Gasteiger partial charge >= 0.3 is 0 Å². The number of aryl methyl sites for hydroxylation is 1. The van der Waals surface area contributed by atoms with E-state index in [4.69, 9.17) is 11.6 Å². The molecule has 4 nitrogen and oxygen atoms in total. The lowest BCUT2D eigenvalue weighted by Gasteiger charge is -2.24. The lowest BCUT2D eigenvalue weighted by molar-refractivity contribution is 0.0963. The van der Waals surface area contributed by atoms with Gasteiger partial charge in [-0.15, -0.1) is 0 Å². The van der Waals surface area contributed by atoms with Crippen molar-refractivity contribution in [2.45, 2.75) is 25.7 Å². The van der Waals surface area contributed by atoms with Crippen LogP contribution >= 0.6 is 11.6 Å². The lowest BCUT2D eigenvalue weighted by atomic mass is 9.81. The minimum Gasteiger partial charge on any atom is -0.294 e. The summed E-state index contributed by atoms with van der Waals surface area (Å²) in [5.41, 5.74) is 2.72. The number of Topliss-reactive ketones (excluding diaryl/α,β-unsaturated/α-hetero) is 1. The number of carbonyl (C=O) groups excluding carboxylic acids is 1. The number of hydrogen-bond donors (Lipinski definition) is 0. The van der Waals surface area contributed by atoms with E-state index in [0.29, 0.717) is 34.7 Å². The van der Waals surface area contributed by atoms with E-state index in [1.54, 1.807) is 13.0 Å². The number of benzene rings is 1. The largest absolute Gasteiger partial charge is 0.294 e. The fourth-order valence-electron chi connectivity index (χ4n) is 3.18. The van der Waals surface area contributed by atoms with Crippen LogP contribution in [0.4, 0.5) is 0 Å². The molecule has 1 atom stereocenters. The highest BCUT2D eigenvalue weighted by atomic mass is 35.5. The number of aromatic nitrogens is 1. The quantitative estimate of drug-likeness (QED) is 0.845. The van der Waals surface area contributed by atoms with Gasteiger partial charge in [0.2, 0.25) is 10.0 Å². The smallest absolute Gasteiger partial charge is 0.235 e. The first-order valence-electron chi connectivity index (χ1n) is 6.98. The summed E-state index contributed by atoms with van der Waals surface area (Å²) < 4.78 is 25.2. The van der Waals surface area contributed by atoms with Crippen molar-refractivity contribution in [2.75, 3.05) is 6.26 Å². The van der Waals surface area contributed by atoms with Crippen molar-refractivity contribution in [1.29, 1.82) is 0 Å². The topological polar surface area (TPSA) is 56.1 Å². The van der Waals surface area contributed by atoms with Crippen molar-refractivity contribution < 1.29 is 13.2 Å². The first kappa shape index (κ1) is 15.3. The molecular weight excluding hydrogens is 322 g/mol. The first-order valence-corrected chi connectivity index (χ1v) is 9.20. The van der Waals surface area contributed by atoms with Crippen molar-refractivity contribution in [3.63, 3.8) is 0 Å². The Labute approximate surface area is 134 Å². The fourth-order valence-corrected chi connectivity index (χ4v) is 4.39. The Morgan fingerprint density at radius 1 is 1.23 bits per heavy atom. The lowest BCUT2D eigenvalue weighted by Crippen LogP contribution is -2.23. The van der Waals surface area contributed by atoms with E-state index >= 15 is 0 Å². The zero-order valence-electron chi connectivity index (χ0n) is 12.3. The molecule has 0 saturated carbocycles. The molecule has 0 amide bonds. The summed E-state index contributed by atoms with van der Waals surface area (Å²) in [6.07, 6.45) is 3.53. The van der Waals surface area contributed by atoms with Gasteiger partial charge in [-0.25, -0.2) is 12.4 Å². The third-order valence-corrected chi connectivity index (χ3v) is 5.50. The van der Waals surface area contributed by atoms with Crippen LogP contribution < -0.4 is 0 Å². The van der Waals surface area contributed by atoms with Crippen molar-refractivity contribution in [3.05, 3.63) is 57.9 Å². The molecule has 0 spiro atoms. The summed E-state index contributed by atoms with van der Waals surface area (Å²) in [7, 11) is -3.43. The van der Waals surface area contributed by atoms with Crippen LogP contribution in [0.3, 0.4) is 0 Å². The van der Waals surface area contributed by atoms with Gasteiger partial charge in [0.05, 0.1) is 6.26 Å². The second-order valence-corrected chi connectivity index (χ2v) is 8.01. The average molecular weight is 338 g/mol. The number of nitrogens with zero attached hydrogens (tertiary/aromatic N) is 1. The number of ketones is 1. The van der Waals surface area contributed by atoms with Crippen LogP contribution in [0.1, 0.15) is 39.5 Å². The van der Waals surface area contributed by atoms with Crippen LogP contribution in [0.2, 0.25) is 5.02 Å². The Morgan fingerprint density at radius 3 is 2.55 bits per heavy atom. The number of fused-ring (bicyclic) bond motifs is 1. The maximum Gasteiger partial charge on any atom is 0.235 e. The van der Waals surface area contributed by atoms with Crippen molar-refractivity contribution in [3.8, 4) is 0 Å². The third kappa shape index (κ3) is 2.48. The summed E-state index contributed by atoms with van der Waals surface area (Å²) in [5, 5.41) is 0.609. The summed E-state index contributed by atoms with van der Waals surface area (Å²) >= 11 is 6.23. The summed E-state index contributed by atoms with van der Waals surface area (Å²) in [6.45, 7) is 1.77. The molecule has 1 aliphatic carbocycles. The number of hydrogen-bond acceptors (Lipinski definition) is 3. The molecule has 0 aliphatic heterocycles. The first-order chi connectivity index (χ1) is 10.3. The van der Waals surface area contributed by atoms with Crippen molar-refractivity contribution >= 4 is 27.4 Å². The molecule has 0 radical (unpaired) electrons. The fraction of sp³-hybridized carbons (Fsp3) is 0.312. The summed E-state index contributed by atoms with van der Waals surface area (Å²) in [4.78, 5) is 12.5. The molecular formula is C16H16ClNO3S. The molecule has 116 valence electrons. The zero-order valence-corrected chi connectivity index (χ0v) is 13.9. The molecule has 0 bridgehead atoms. The van der Waals surface area contributed by atoms with Gasteiger partial charge in [-0.05, 0) is 36.5 Å². The molecule has 3 rings (SSSR count). The van der Waals surface area contributed by atoms with Gasteiger partial charge in [-0.3, -0.25) is 4.79 Å². The molecule has 0 N–H and O–H groups in total. The van der Waals surface area contributed by atoms with Crippen LogP contribution in [0.5, 0.6) is 0 Å². The van der Waals surface area contributed by atoms with E-state index in [2.05, 4.69) is 0 Å². The maximum atomic E-state index is 12.5. The number of carbonyl (C=O) groups is 1. The SMILES string of the molecule is Cc1cn(S(C)(=O)=O)c2c1C(=O)CC(c1ccccc1Cl)C2. The van der Waals surface area contributed by atoms with Gasteiger partial charge in [-0.2, -0.15) is 0 Å². The Morgan fingerprint density at radius 2 is 1.91 bits per heavy atom. The van der Waals surface area contributed by atoms with Crippen LogP contribution in [0.25, 0.3) is 0 Å². The highest BCUT2D eigenvalue weighted by molar-refractivity contribution is 7.89. The standard InChI is InChI=1S/C16H16ClNO3S/c1-10-9-18(22(2,20)21)14-7-11(8-15(19)16(10)14)12-5-3-4-6-13(12)17/h3-6,9,11H,7-8H2,1-2H3. The zero-order chi connectivity index (χ0) is 16.1. The maximum absolute atomic E-state index is 12.5. The Kier molecular flexibility index (Phi) is 3.65. The second-order valence-electron chi connectivity index (χ2n) is 5.74. The predicted octanol–water partition coefficient (Wildman–Crippen LogP) is 3.17. The molecule has 1 aromatic heterocycles. The van der Waals surface area contributed by atoms with Gasteiger partial charge in [-0.1, -0.05) is 29.8 Å². The van der Waals surface area contributed by atoms with Crippen LogP contribution in [-0.4, -0.2) is 24.4 Å². The Bertz CT molecular complexity index is 868.